The first-order valence-electron chi connectivity index (χ1n) is 7.72. The second-order valence-corrected chi connectivity index (χ2v) is 5.86. The van der Waals surface area contributed by atoms with Crippen LogP contribution in [0.3, 0.4) is 0 Å². The SMILES string of the molecule is CC(O)Cc1ccccc1N(CC(C)O)C1CNCCN1. The van der Waals surface area contributed by atoms with Crippen LogP contribution < -0.4 is 15.5 Å². The Labute approximate surface area is 127 Å². The number of aliphatic hydroxyl groups excluding tert-OH is 2. The summed E-state index contributed by atoms with van der Waals surface area (Å²) in [7, 11) is 0. The molecule has 1 aliphatic heterocycles. The lowest BCUT2D eigenvalue weighted by molar-refractivity contribution is 0.191. The minimum absolute atomic E-state index is 0.156. The van der Waals surface area contributed by atoms with Crippen LogP contribution in [0.1, 0.15) is 19.4 Å². The number of rotatable bonds is 6. The maximum atomic E-state index is 9.85. The summed E-state index contributed by atoms with van der Waals surface area (Å²) in [5.41, 5.74) is 2.20. The highest BCUT2D eigenvalue weighted by molar-refractivity contribution is 5.55. The van der Waals surface area contributed by atoms with E-state index in [1.54, 1.807) is 13.8 Å². The number of nitrogens with one attached hydrogen (secondary N) is 2. The first-order chi connectivity index (χ1) is 10.1. The maximum absolute atomic E-state index is 9.85. The third kappa shape index (κ3) is 4.68. The number of aliphatic hydroxyl groups is 2. The van der Waals surface area contributed by atoms with E-state index >= 15 is 0 Å². The van der Waals surface area contributed by atoms with Gasteiger partial charge in [-0.3, -0.25) is 5.32 Å². The predicted molar refractivity (Wildman–Crippen MR) is 85.5 cm³/mol. The van der Waals surface area contributed by atoms with Crippen molar-refractivity contribution in [1.82, 2.24) is 10.6 Å². The van der Waals surface area contributed by atoms with Crippen LogP contribution in [-0.2, 0) is 6.42 Å². The van der Waals surface area contributed by atoms with Gasteiger partial charge in [-0.15, -0.1) is 0 Å². The number of hydrogen-bond acceptors (Lipinski definition) is 5. The normalized spacial score (nSPS) is 21.8. The molecular formula is C16H27N3O2. The predicted octanol–water partition coefficient (Wildman–Crippen LogP) is 0.316. The Kier molecular flexibility index (Phi) is 5.99. The molecule has 1 aromatic rings. The molecule has 1 aliphatic rings. The minimum Gasteiger partial charge on any atom is -0.393 e. The van der Waals surface area contributed by atoms with Gasteiger partial charge >= 0.3 is 0 Å². The van der Waals surface area contributed by atoms with Crippen LogP contribution in [-0.4, -0.2) is 54.8 Å². The van der Waals surface area contributed by atoms with Crippen molar-refractivity contribution in [2.24, 2.45) is 0 Å². The molecule has 0 radical (unpaired) electrons. The Morgan fingerprint density at radius 1 is 1.19 bits per heavy atom. The number of hydrogen-bond donors (Lipinski definition) is 4. The Balaban J connectivity index is 2.26. The summed E-state index contributed by atoms with van der Waals surface area (Å²) in [4.78, 5) is 2.20. The van der Waals surface area contributed by atoms with Crippen molar-refractivity contribution in [3.8, 4) is 0 Å². The smallest absolute Gasteiger partial charge is 0.0924 e. The quantitative estimate of drug-likeness (QED) is 0.608. The van der Waals surface area contributed by atoms with Gasteiger partial charge in [0.2, 0.25) is 0 Å². The van der Waals surface area contributed by atoms with Gasteiger partial charge in [-0.1, -0.05) is 18.2 Å². The summed E-state index contributed by atoms with van der Waals surface area (Å²) in [5.74, 6) is 0. The summed E-state index contributed by atoms with van der Waals surface area (Å²) < 4.78 is 0. The molecule has 2 rings (SSSR count). The summed E-state index contributed by atoms with van der Waals surface area (Å²) in [6.45, 7) is 6.90. The van der Waals surface area contributed by atoms with Crippen LogP contribution in [0.2, 0.25) is 0 Å². The molecule has 0 amide bonds. The van der Waals surface area contributed by atoms with E-state index in [1.165, 1.54) is 0 Å². The summed E-state index contributed by atoms with van der Waals surface area (Å²) in [6, 6.07) is 8.12. The van der Waals surface area contributed by atoms with E-state index in [2.05, 4.69) is 21.6 Å². The monoisotopic (exact) mass is 293 g/mol. The average molecular weight is 293 g/mol. The zero-order valence-electron chi connectivity index (χ0n) is 12.9. The maximum Gasteiger partial charge on any atom is 0.0924 e. The van der Waals surface area contributed by atoms with Crippen molar-refractivity contribution in [2.45, 2.75) is 38.6 Å². The van der Waals surface area contributed by atoms with E-state index in [4.69, 9.17) is 0 Å². The van der Waals surface area contributed by atoms with Crippen LogP contribution in [0.15, 0.2) is 24.3 Å². The van der Waals surface area contributed by atoms with Gasteiger partial charge in [0.25, 0.3) is 0 Å². The van der Waals surface area contributed by atoms with E-state index < -0.39 is 6.10 Å². The van der Waals surface area contributed by atoms with E-state index in [1.807, 2.05) is 18.2 Å². The van der Waals surface area contributed by atoms with Gasteiger partial charge in [0.1, 0.15) is 0 Å². The largest absolute Gasteiger partial charge is 0.393 e. The highest BCUT2D eigenvalue weighted by Crippen LogP contribution is 2.24. The van der Waals surface area contributed by atoms with Crippen LogP contribution >= 0.6 is 0 Å². The molecule has 5 heteroatoms. The van der Waals surface area contributed by atoms with Crippen LogP contribution in [0, 0.1) is 0 Å². The van der Waals surface area contributed by atoms with Crippen molar-refractivity contribution in [3.05, 3.63) is 29.8 Å². The van der Waals surface area contributed by atoms with E-state index in [0.29, 0.717) is 13.0 Å². The molecule has 1 fully saturated rings. The molecule has 5 nitrogen and oxygen atoms in total. The van der Waals surface area contributed by atoms with Gasteiger partial charge in [-0.05, 0) is 25.5 Å². The summed E-state index contributed by atoms with van der Waals surface area (Å²) >= 11 is 0. The van der Waals surface area contributed by atoms with Crippen molar-refractivity contribution >= 4 is 5.69 Å². The van der Waals surface area contributed by atoms with Crippen LogP contribution in [0.4, 0.5) is 5.69 Å². The molecule has 0 aliphatic carbocycles. The van der Waals surface area contributed by atoms with Crippen molar-refractivity contribution in [1.29, 1.82) is 0 Å². The average Bonchev–Trinajstić information content (AvgIpc) is 2.46. The molecule has 3 atom stereocenters. The Morgan fingerprint density at radius 3 is 2.57 bits per heavy atom. The third-order valence-corrected chi connectivity index (χ3v) is 3.67. The Morgan fingerprint density at radius 2 is 1.95 bits per heavy atom. The highest BCUT2D eigenvalue weighted by atomic mass is 16.3. The lowest BCUT2D eigenvalue weighted by Crippen LogP contribution is -2.58. The van der Waals surface area contributed by atoms with Gasteiger partial charge in [-0.2, -0.15) is 0 Å². The number of anilines is 1. The Hall–Kier alpha value is -1.14. The van der Waals surface area contributed by atoms with Crippen molar-refractivity contribution in [2.75, 3.05) is 31.1 Å². The first-order valence-corrected chi connectivity index (χ1v) is 7.72. The molecule has 4 N–H and O–H groups in total. The summed E-state index contributed by atoms with van der Waals surface area (Å²) in [6.07, 6.45) is -0.0130. The fourth-order valence-electron chi connectivity index (χ4n) is 2.82. The molecule has 3 unspecified atom stereocenters. The molecule has 0 bridgehead atoms. The lowest BCUT2D eigenvalue weighted by atomic mass is 10.0. The van der Waals surface area contributed by atoms with Crippen molar-refractivity contribution < 1.29 is 10.2 Å². The number of para-hydroxylation sites is 1. The van der Waals surface area contributed by atoms with Gasteiger partial charge in [0.15, 0.2) is 0 Å². The molecule has 1 aromatic carbocycles. The second kappa shape index (κ2) is 7.75. The van der Waals surface area contributed by atoms with Crippen LogP contribution in [0.5, 0.6) is 0 Å². The standard InChI is InChI=1S/C16H27N3O2/c1-12(20)9-14-5-3-4-6-15(14)19(11-13(2)21)16-10-17-7-8-18-16/h3-6,12-13,16-18,20-21H,7-11H2,1-2H3. The minimum atomic E-state index is -0.409. The zero-order valence-corrected chi connectivity index (χ0v) is 12.9. The first kappa shape index (κ1) is 16.2. The van der Waals surface area contributed by atoms with E-state index in [9.17, 15) is 10.2 Å². The lowest BCUT2D eigenvalue weighted by Gasteiger charge is -2.39. The van der Waals surface area contributed by atoms with Gasteiger partial charge in [0, 0.05) is 38.3 Å². The highest BCUT2D eigenvalue weighted by Gasteiger charge is 2.23. The van der Waals surface area contributed by atoms with Crippen LogP contribution in [0.25, 0.3) is 0 Å². The number of benzene rings is 1. The molecule has 118 valence electrons. The van der Waals surface area contributed by atoms with Crippen molar-refractivity contribution in [3.63, 3.8) is 0 Å². The van der Waals surface area contributed by atoms with Gasteiger partial charge < -0.3 is 20.4 Å². The topological polar surface area (TPSA) is 67.8 Å². The molecule has 21 heavy (non-hydrogen) atoms. The Bertz CT molecular complexity index is 431. The molecule has 0 aromatic heterocycles. The molecule has 1 heterocycles. The molecular weight excluding hydrogens is 266 g/mol. The van der Waals surface area contributed by atoms with Gasteiger partial charge in [0.05, 0.1) is 18.4 Å². The molecule has 0 spiro atoms. The second-order valence-electron chi connectivity index (χ2n) is 5.86. The zero-order chi connectivity index (χ0) is 15.2. The fraction of sp³-hybridized carbons (Fsp3) is 0.625. The summed E-state index contributed by atoms with van der Waals surface area (Å²) in [5, 5.41) is 26.4. The molecule has 0 saturated carbocycles. The third-order valence-electron chi connectivity index (χ3n) is 3.67. The van der Waals surface area contributed by atoms with Gasteiger partial charge in [-0.25, -0.2) is 0 Å². The van der Waals surface area contributed by atoms with E-state index in [0.717, 1.165) is 30.9 Å². The number of piperazine rings is 1. The van der Waals surface area contributed by atoms with E-state index in [-0.39, 0.29) is 12.3 Å². The molecule has 1 saturated heterocycles. The fourth-order valence-corrected chi connectivity index (χ4v) is 2.82. The number of nitrogens with zero attached hydrogens (tertiary/aromatic N) is 1.